The van der Waals surface area contributed by atoms with E-state index in [2.05, 4.69) is 44.9 Å². The number of pyridine rings is 1. The van der Waals surface area contributed by atoms with Crippen molar-refractivity contribution in [3.05, 3.63) is 83.8 Å². The Balaban J connectivity index is 1.25. The molecule has 1 aliphatic heterocycles. The summed E-state index contributed by atoms with van der Waals surface area (Å²) in [7, 11) is 0. The molecule has 1 N–H and O–H groups in total. The molecule has 0 spiro atoms. The SMILES string of the molecule is CCOC(=O)c1cccc(NC(=O)N2CCN(Cc3nc4cccnc4n3-c3cccc(C)c3)CC2)c1. The minimum absolute atomic E-state index is 0.183. The first-order valence-electron chi connectivity index (χ1n) is 12.5. The van der Waals surface area contributed by atoms with E-state index < -0.39 is 5.97 Å². The molecule has 0 bridgehead atoms. The molecule has 5 rings (SSSR count). The molecule has 2 aromatic heterocycles. The first-order chi connectivity index (χ1) is 18.0. The molecule has 9 nitrogen and oxygen atoms in total. The smallest absolute Gasteiger partial charge is 0.338 e. The van der Waals surface area contributed by atoms with Crippen molar-refractivity contribution in [2.24, 2.45) is 0 Å². The summed E-state index contributed by atoms with van der Waals surface area (Å²) < 4.78 is 7.17. The number of nitrogens with one attached hydrogen (secondary N) is 1. The molecule has 2 aromatic carbocycles. The van der Waals surface area contributed by atoms with E-state index in [1.165, 1.54) is 5.56 Å². The van der Waals surface area contributed by atoms with Gasteiger partial charge in [0.15, 0.2) is 5.65 Å². The van der Waals surface area contributed by atoms with Crippen molar-refractivity contribution < 1.29 is 14.3 Å². The summed E-state index contributed by atoms with van der Waals surface area (Å²) in [5, 5.41) is 2.90. The zero-order valence-corrected chi connectivity index (χ0v) is 21.1. The van der Waals surface area contributed by atoms with Crippen LogP contribution in [0.5, 0.6) is 0 Å². The number of ether oxygens (including phenoxy) is 1. The summed E-state index contributed by atoms with van der Waals surface area (Å²) >= 11 is 0. The van der Waals surface area contributed by atoms with Gasteiger partial charge in [0.2, 0.25) is 0 Å². The lowest BCUT2D eigenvalue weighted by Crippen LogP contribution is -2.49. The van der Waals surface area contributed by atoms with Gasteiger partial charge in [-0.1, -0.05) is 18.2 Å². The Hall–Kier alpha value is -4.24. The van der Waals surface area contributed by atoms with Gasteiger partial charge in [0, 0.05) is 43.8 Å². The number of nitrogens with zero attached hydrogens (tertiary/aromatic N) is 5. The molecule has 37 heavy (non-hydrogen) atoms. The summed E-state index contributed by atoms with van der Waals surface area (Å²) in [5.41, 5.74) is 4.90. The van der Waals surface area contributed by atoms with Crippen molar-refractivity contribution in [1.29, 1.82) is 0 Å². The van der Waals surface area contributed by atoms with Crippen LogP contribution in [-0.2, 0) is 11.3 Å². The minimum Gasteiger partial charge on any atom is -0.462 e. The van der Waals surface area contributed by atoms with Gasteiger partial charge in [0.1, 0.15) is 11.3 Å². The number of anilines is 1. The van der Waals surface area contributed by atoms with Gasteiger partial charge in [-0.3, -0.25) is 9.47 Å². The number of fused-ring (bicyclic) bond motifs is 1. The molecule has 0 radical (unpaired) electrons. The number of aryl methyl sites for hydroxylation is 1. The fourth-order valence-corrected chi connectivity index (χ4v) is 4.55. The minimum atomic E-state index is -0.404. The Morgan fingerprint density at radius 1 is 1.00 bits per heavy atom. The van der Waals surface area contributed by atoms with Crippen LogP contribution in [0.2, 0.25) is 0 Å². The average Bonchev–Trinajstić information content (AvgIpc) is 3.27. The summed E-state index contributed by atoms with van der Waals surface area (Å²) in [5.74, 6) is 0.520. The Bertz CT molecular complexity index is 1420. The van der Waals surface area contributed by atoms with Crippen LogP contribution in [0.4, 0.5) is 10.5 Å². The second-order valence-electron chi connectivity index (χ2n) is 9.04. The number of hydrogen-bond donors (Lipinski definition) is 1. The third-order valence-electron chi connectivity index (χ3n) is 6.39. The van der Waals surface area contributed by atoms with Crippen LogP contribution in [0, 0.1) is 6.92 Å². The third kappa shape index (κ3) is 5.46. The van der Waals surface area contributed by atoms with Crippen LogP contribution in [0.3, 0.4) is 0 Å². The molecular formula is C28H30N6O3. The molecule has 0 unspecified atom stereocenters. The number of imidazole rings is 1. The number of benzene rings is 2. The highest BCUT2D eigenvalue weighted by Crippen LogP contribution is 2.22. The summed E-state index contributed by atoms with van der Waals surface area (Å²) in [6.07, 6.45) is 1.79. The fraction of sp³-hybridized carbons (Fsp3) is 0.286. The highest BCUT2D eigenvalue weighted by atomic mass is 16.5. The number of carbonyl (C=O) groups excluding carboxylic acids is 2. The second-order valence-corrected chi connectivity index (χ2v) is 9.04. The standard InChI is InChI=1S/C28H30N6O3/c1-3-37-27(35)21-8-5-9-22(18-21)30-28(36)33-15-13-32(14-16-33)19-25-31-24-11-6-12-29-26(24)34(25)23-10-4-7-20(2)17-23/h4-12,17-18H,3,13-16,19H2,1-2H3,(H,30,36). The van der Waals surface area contributed by atoms with Gasteiger partial charge in [-0.15, -0.1) is 0 Å². The van der Waals surface area contributed by atoms with Gasteiger partial charge in [-0.2, -0.15) is 0 Å². The van der Waals surface area contributed by atoms with Gasteiger partial charge in [-0.25, -0.2) is 19.6 Å². The van der Waals surface area contributed by atoms with Gasteiger partial charge < -0.3 is 15.0 Å². The third-order valence-corrected chi connectivity index (χ3v) is 6.39. The van der Waals surface area contributed by atoms with Gasteiger partial charge in [0.05, 0.1) is 18.7 Å². The molecule has 3 heterocycles. The Labute approximate surface area is 215 Å². The molecule has 0 atom stereocenters. The van der Waals surface area contributed by atoms with Crippen molar-refractivity contribution in [2.75, 3.05) is 38.1 Å². The van der Waals surface area contributed by atoms with E-state index in [1.54, 1.807) is 42.3 Å². The maximum atomic E-state index is 12.9. The number of piperazine rings is 1. The van der Waals surface area contributed by atoms with E-state index >= 15 is 0 Å². The molecule has 1 fully saturated rings. The van der Waals surface area contributed by atoms with Gasteiger partial charge in [-0.05, 0) is 61.9 Å². The number of rotatable bonds is 6. The van der Waals surface area contributed by atoms with Crippen LogP contribution >= 0.6 is 0 Å². The van der Waals surface area contributed by atoms with Crippen molar-refractivity contribution in [3.8, 4) is 5.69 Å². The van der Waals surface area contributed by atoms with Gasteiger partial charge >= 0.3 is 12.0 Å². The van der Waals surface area contributed by atoms with Gasteiger partial charge in [0.25, 0.3) is 0 Å². The van der Waals surface area contributed by atoms with Crippen LogP contribution in [0.1, 0.15) is 28.7 Å². The van der Waals surface area contributed by atoms with Crippen molar-refractivity contribution in [1.82, 2.24) is 24.3 Å². The van der Waals surface area contributed by atoms with Crippen LogP contribution in [-0.4, -0.2) is 69.1 Å². The molecule has 4 aromatic rings. The molecule has 190 valence electrons. The van der Waals surface area contributed by atoms with E-state index in [0.29, 0.717) is 37.5 Å². The van der Waals surface area contributed by atoms with Crippen molar-refractivity contribution in [2.45, 2.75) is 20.4 Å². The first-order valence-corrected chi connectivity index (χ1v) is 12.5. The highest BCUT2D eigenvalue weighted by molar-refractivity contribution is 5.94. The lowest BCUT2D eigenvalue weighted by molar-refractivity contribution is 0.0526. The molecule has 9 heteroatoms. The predicted molar refractivity (Wildman–Crippen MR) is 142 cm³/mol. The van der Waals surface area contributed by atoms with E-state index in [-0.39, 0.29) is 6.03 Å². The normalized spacial score (nSPS) is 14.1. The number of hydrogen-bond acceptors (Lipinski definition) is 6. The molecule has 1 aliphatic rings. The molecule has 0 saturated carbocycles. The second kappa shape index (κ2) is 10.8. The topological polar surface area (TPSA) is 92.6 Å². The number of amides is 2. The van der Waals surface area contributed by atoms with Crippen molar-refractivity contribution in [3.63, 3.8) is 0 Å². The average molecular weight is 499 g/mol. The van der Waals surface area contributed by atoms with E-state index in [4.69, 9.17) is 9.72 Å². The predicted octanol–water partition coefficient (Wildman–Crippen LogP) is 4.26. The number of esters is 1. The molecule has 2 amide bonds. The van der Waals surface area contributed by atoms with Crippen LogP contribution in [0.25, 0.3) is 16.9 Å². The maximum absolute atomic E-state index is 12.9. The van der Waals surface area contributed by atoms with Crippen molar-refractivity contribution >= 4 is 28.9 Å². The number of carbonyl (C=O) groups is 2. The molecule has 1 saturated heterocycles. The lowest BCUT2D eigenvalue weighted by Gasteiger charge is -2.34. The van der Waals surface area contributed by atoms with Crippen LogP contribution in [0.15, 0.2) is 66.9 Å². The van der Waals surface area contributed by atoms with E-state index in [9.17, 15) is 9.59 Å². The molecule has 0 aliphatic carbocycles. The zero-order chi connectivity index (χ0) is 25.8. The highest BCUT2D eigenvalue weighted by Gasteiger charge is 2.24. The largest absolute Gasteiger partial charge is 0.462 e. The number of aromatic nitrogens is 3. The van der Waals surface area contributed by atoms with E-state index in [1.807, 2.05) is 18.2 Å². The lowest BCUT2D eigenvalue weighted by atomic mass is 10.2. The number of urea groups is 1. The zero-order valence-electron chi connectivity index (χ0n) is 21.1. The van der Waals surface area contributed by atoms with E-state index in [0.717, 1.165) is 35.8 Å². The quantitative estimate of drug-likeness (QED) is 0.400. The Morgan fingerprint density at radius 3 is 2.59 bits per heavy atom. The Morgan fingerprint density at radius 2 is 1.81 bits per heavy atom. The monoisotopic (exact) mass is 498 g/mol. The first kappa shape index (κ1) is 24.5. The molecular weight excluding hydrogens is 468 g/mol. The maximum Gasteiger partial charge on any atom is 0.338 e. The summed E-state index contributed by atoms with van der Waals surface area (Å²) in [6.45, 7) is 7.42. The fourth-order valence-electron chi connectivity index (χ4n) is 4.55. The van der Waals surface area contributed by atoms with Crippen LogP contribution < -0.4 is 5.32 Å². The summed E-state index contributed by atoms with van der Waals surface area (Å²) in [4.78, 5) is 38.5. The Kier molecular flexibility index (Phi) is 7.14. The summed E-state index contributed by atoms with van der Waals surface area (Å²) in [6, 6.07) is 18.8.